The summed E-state index contributed by atoms with van der Waals surface area (Å²) in [6.45, 7) is 0. The number of rotatable bonds is 1. The first-order valence-electron chi connectivity index (χ1n) is 5.81. The van der Waals surface area contributed by atoms with Gasteiger partial charge in [0.2, 0.25) is 0 Å². The molecule has 0 amide bonds. The number of fused-ring (bicyclic) bond motifs is 1. The summed E-state index contributed by atoms with van der Waals surface area (Å²) in [7, 11) is 0. The molecule has 0 bridgehead atoms. The second-order valence-electron chi connectivity index (χ2n) is 4.47. The Labute approximate surface area is 93.7 Å². The van der Waals surface area contributed by atoms with Gasteiger partial charge in [0.1, 0.15) is 5.69 Å². The largest absolute Gasteiger partial charge is 0.396 e. The van der Waals surface area contributed by atoms with Crippen molar-refractivity contribution in [1.29, 1.82) is 0 Å². The highest BCUT2D eigenvalue weighted by atomic mass is 15.4. The summed E-state index contributed by atoms with van der Waals surface area (Å²) in [5.41, 5.74) is 8.18. The average molecular weight is 217 g/mol. The highest BCUT2D eigenvalue weighted by Crippen LogP contribution is 2.32. The molecular weight excluding hydrogens is 202 g/mol. The van der Waals surface area contributed by atoms with E-state index >= 15 is 0 Å². The highest BCUT2D eigenvalue weighted by molar-refractivity contribution is 5.48. The predicted molar refractivity (Wildman–Crippen MR) is 61.0 cm³/mol. The van der Waals surface area contributed by atoms with Gasteiger partial charge in [0, 0.05) is 5.92 Å². The molecule has 16 heavy (non-hydrogen) atoms. The Hall–Kier alpha value is -1.65. The zero-order chi connectivity index (χ0) is 11.0. The van der Waals surface area contributed by atoms with E-state index in [9.17, 15) is 0 Å². The van der Waals surface area contributed by atoms with Crippen molar-refractivity contribution in [2.45, 2.75) is 38.0 Å². The number of aromatic nitrogens is 4. The number of nitrogens with two attached hydrogens (primary N) is 1. The lowest BCUT2D eigenvalue weighted by Gasteiger charge is -2.18. The van der Waals surface area contributed by atoms with Crippen LogP contribution in [0.5, 0.6) is 0 Å². The van der Waals surface area contributed by atoms with Gasteiger partial charge < -0.3 is 5.73 Å². The van der Waals surface area contributed by atoms with Crippen LogP contribution in [0.1, 0.15) is 43.7 Å². The Morgan fingerprint density at radius 2 is 2.06 bits per heavy atom. The molecule has 3 rings (SSSR count). The van der Waals surface area contributed by atoms with E-state index in [-0.39, 0.29) is 0 Å². The van der Waals surface area contributed by atoms with Gasteiger partial charge in [0.15, 0.2) is 5.65 Å². The van der Waals surface area contributed by atoms with Crippen molar-refractivity contribution >= 4 is 11.3 Å². The summed E-state index contributed by atoms with van der Waals surface area (Å²) in [6, 6.07) is 0. The van der Waals surface area contributed by atoms with Gasteiger partial charge in [0.25, 0.3) is 0 Å². The van der Waals surface area contributed by atoms with E-state index in [1.54, 1.807) is 16.9 Å². The summed E-state index contributed by atoms with van der Waals surface area (Å²) in [5, 5.41) is 8.33. The van der Waals surface area contributed by atoms with Gasteiger partial charge in [-0.05, 0) is 12.8 Å². The van der Waals surface area contributed by atoms with Gasteiger partial charge >= 0.3 is 0 Å². The average Bonchev–Trinajstić information content (AvgIpc) is 2.73. The molecule has 0 spiro atoms. The summed E-state index contributed by atoms with van der Waals surface area (Å²) < 4.78 is 1.68. The third-order valence-corrected chi connectivity index (χ3v) is 3.29. The molecule has 0 saturated heterocycles. The predicted octanol–water partition coefficient (Wildman–Crippen LogP) is 1.75. The summed E-state index contributed by atoms with van der Waals surface area (Å²) >= 11 is 0. The van der Waals surface area contributed by atoms with Crippen molar-refractivity contribution in [3.05, 3.63) is 18.1 Å². The minimum Gasteiger partial charge on any atom is -0.396 e. The molecule has 1 fully saturated rings. The molecule has 2 aromatic rings. The normalized spacial score (nSPS) is 18.0. The van der Waals surface area contributed by atoms with Gasteiger partial charge in [-0.3, -0.25) is 0 Å². The minimum atomic E-state index is 0.530. The molecule has 0 aromatic carbocycles. The van der Waals surface area contributed by atoms with Gasteiger partial charge in [-0.2, -0.15) is 4.52 Å². The molecule has 2 aromatic heterocycles. The molecule has 0 aliphatic heterocycles. The highest BCUT2D eigenvalue weighted by Gasteiger charge is 2.21. The number of hydrogen-bond acceptors (Lipinski definition) is 4. The van der Waals surface area contributed by atoms with E-state index in [4.69, 9.17) is 5.73 Å². The van der Waals surface area contributed by atoms with Crippen molar-refractivity contribution < 1.29 is 0 Å². The maximum atomic E-state index is 5.66. The van der Waals surface area contributed by atoms with Gasteiger partial charge in [-0.1, -0.05) is 24.5 Å². The molecule has 84 valence electrons. The number of anilines is 1. The molecule has 5 nitrogen and oxygen atoms in total. The van der Waals surface area contributed by atoms with Gasteiger partial charge in [0.05, 0.1) is 18.1 Å². The smallest absolute Gasteiger partial charge is 0.179 e. The van der Waals surface area contributed by atoms with Crippen LogP contribution in [0.2, 0.25) is 0 Å². The molecule has 0 atom stereocenters. The van der Waals surface area contributed by atoms with E-state index in [2.05, 4.69) is 15.3 Å². The standard InChI is InChI=1S/C11H15N5/c12-9-6-13-11-10(14-15-16(11)7-9)8-4-2-1-3-5-8/h6-8H,1-5,12H2. The Bertz CT molecular complexity index is 498. The van der Waals surface area contributed by atoms with Crippen molar-refractivity contribution in [3.63, 3.8) is 0 Å². The fourth-order valence-electron chi connectivity index (χ4n) is 2.46. The van der Waals surface area contributed by atoms with Gasteiger partial charge in [-0.25, -0.2) is 4.98 Å². The van der Waals surface area contributed by atoms with Crippen LogP contribution in [-0.4, -0.2) is 19.8 Å². The van der Waals surface area contributed by atoms with Crippen LogP contribution in [0.4, 0.5) is 5.69 Å². The van der Waals surface area contributed by atoms with Crippen LogP contribution in [0.15, 0.2) is 12.4 Å². The van der Waals surface area contributed by atoms with Gasteiger partial charge in [-0.15, -0.1) is 5.10 Å². The van der Waals surface area contributed by atoms with E-state index in [0.29, 0.717) is 11.6 Å². The molecule has 0 radical (unpaired) electrons. The SMILES string of the molecule is Nc1cnc2c(C3CCCCC3)nnn2c1. The summed E-state index contributed by atoms with van der Waals surface area (Å²) in [4.78, 5) is 4.33. The van der Waals surface area contributed by atoms with Crippen molar-refractivity contribution in [3.8, 4) is 0 Å². The van der Waals surface area contributed by atoms with Crippen LogP contribution < -0.4 is 5.73 Å². The lowest BCUT2D eigenvalue weighted by atomic mass is 9.87. The maximum absolute atomic E-state index is 5.66. The van der Waals surface area contributed by atoms with Crippen molar-refractivity contribution in [1.82, 2.24) is 19.8 Å². The zero-order valence-corrected chi connectivity index (χ0v) is 9.13. The minimum absolute atomic E-state index is 0.530. The van der Waals surface area contributed by atoms with Crippen molar-refractivity contribution in [2.75, 3.05) is 5.73 Å². The summed E-state index contributed by atoms with van der Waals surface area (Å²) in [5.74, 6) is 0.530. The molecule has 1 aliphatic rings. The van der Waals surface area contributed by atoms with Crippen LogP contribution >= 0.6 is 0 Å². The first-order chi connectivity index (χ1) is 7.84. The number of hydrogen-bond donors (Lipinski definition) is 1. The Balaban J connectivity index is 2.03. The second kappa shape index (κ2) is 3.73. The summed E-state index contributed by atoms with van der Waals surface area (Å²) in [6.07, 6.45) is 9.78. The molecular formula is C11H15N5. The Morgan fingerprint density at radius 3 is 2.88 bits per heavy atom. The van der Waals surface area contributed by atoms with Crippen LogP contribution in [-0.2, 0) is 0 Å². The zero-order valence-electron chi connectivity index (χ0n) is 9.13. The second-order valence-corrected chi connectivity index (χ2v) is 4.47. The molecule has 5 heteroatoms. The third kappa shape index (κ3) is 1.52. The Kier molecular flexibility index (Phi) is 2.23. The number of nitrogen functional groups attached to an aromatic ring is 1. The molecule has 1 saturated carbocycles. The molecule has 2 N–H and O–H groups in total. The van der Waals surface area contributed by atoms with E-state index in [1.807, 2.05) is 0 Å². The lowest BCUT2D eigenvalue weighted by Crippen LogP contribution is -2.06. The van der Waals surface area contributed by atoms with E-state index in [1.165, 1.54) is 32.1 Å². The fraction of sp³-hybridized carbons (Fsp3) is 0.545. The molecule has 0 unspecified atom stereocenters. The van der Waals surface area contributed by atoms with Crippen LogP contribution in [0, 0.1) is 0 Å². The molecule has 1 aliphatic carbocycles. The monoisotopic (exact) mass is 217 g/mol. The first-order valence-corrected chi connectivity index (χ1v) is 5.81. The molecule has 2 heterocycles. The number of nitrogens with zero attached hydrogens (tertiary/aromatic N) is 4. The quantitative estimate of drug-likeness (QED) is 0.790. The van der Waals surface area contributed by atoms with Crippen LogP contribution in [0.3, 0.4) is 0 Å². The topological polar surface area (TPSA) is 69.1 Å². The fourth-order valence-corrected chi connectivity index (χ4v) is 2.46. The third-order valence-electron chi connectivity index (χ3n) is 3.29. The van der Waals surface area contributed by atoms with E-state index in [0.717, 1.165) is 11.3 Å². The first kappa shape index (κ1) is 9.57. The van der Waals surface area contributed by atoms with E-state index < -0.39 is 0 Å². The van der Waals surface area contributed by atoms with Crippen molar-refractivity contribution in [2.24, 2.45) is 0 Å². The Morgan fingerprint density at radius 1 is 1.25 bits per heavy atom. The maximum Gasteiger partial charge on any atom is 0.179 e. The lowest BCUT2D eigenvalue weighted by molar-refractivity contribution is 0.437. The van der Waals surface area contributed by atoms with Crippen LogP contribution in [0.25, 0.3) is 5.65 Å².